The van der Waals surface area contributed by atoms with Crippen molar-refractivity contribution in [3.05, 3.63) is 27.9 Å². The molecule has 0 unspecified atom stereocenters. The summed E-state index contributed by atoms with van der Waals surface area (Å²) in [6.07, 6.45) is 6.12. The van der Waals surface area contributed by atoms with Gasteiger partial charge in [0, 0.05) is 12.7 Å². The lowest BCUT2D eigenvalue weighted by Gasteiger charge is -2.26. The second kappa shape index (κ2) is 6.33. The summed E-state index contributed by atoms with van der Waals surface area (Å²) >= 11 is 0. The molecule has 1 fully saturated rings. The Kier molecular flexibility index (Phi) is 4.51. The molecule has 2 rings (SSSR count). The lowest BCUT2D eigenvalue weighted by molar-refractivity contribution is -0.384. The van der Waals surface area contributed by atoms with Crippen molar-refractivity contribution in [3.8, 4) is 6.07 Å². The maximum absolute atomic E-state index is 11.1. The number of aromatic nitrogens is 1. The van der Waals surface area contributed by atoms with Gasteiger partial charge >= 0.3 is 5.69 Å². The van der Waals surface area contributed by atoms with Crippen molar-refractivity contribution >= 4 is 11.5 Å². The normalized spacial score (nSPS) is 22.0. The van der Waals surface area contributed by atoms with Gasteiger partial charge in [0.2, 0.25) is 5.82 Å². The highest BCUT2D eigenvalue weighted by atomic mass is 16.6. The molecule has 0 saturated heterocycles. The van der Waals surface area contributed by atoms with Gasteiger partial charge in [0.05, 0.1) is 4.92 Å². The molecular weight excluding hydrogens is 256 g/mol. The Bertz CT molecular complexity index is 530. The van der Waals surface area contributed by atoms with E-state index in [0.29, 0.717) is 12.5 Å². The summed E-state index contributed by atoms with van der Waals surface area (Å²) < 4.78 is 0. The number of anilines is 1. The smallest absolute Gasteiger partial charge is 0.328 e. The minimum absolute atomic E-state index is 0.0461. The largest absolute Gasteiger partial charge is 0.364 e. The van der Waals surface area contributed by atoms with E-state index in [4.69, 9.17) is 5.26 Å². The molecule has 1 saturated carbocycles. The van der Waals surface area contributed by atoms with Gasteiger partial charge < -0.3 is 5.32 Å². The molecule has 1 aliphatic carbocycles. The van der Waals surface area contributed by atoms with Gasteiger partial charge in [0.25, 0.3) is 0 Å². The average molecular weight is 274 g/mol. The Labute approximate surface area is 118 Å². The van der Waals surface area contributed by atoms with E-state index in [1.165, 1.54) is 25.1 Å². The van der Waals surface area contributed by atoms with E-state index in [1.54, 1.807) is 0 Å². The number of hydrogen-bond donors (Lipinski definition) is 1. The first kappa shape index (κ1) is 14.3. The van der Waals surface area contributed by atoms with Crippen LogP contribution in [0, 0.1) is 33.3 Å². The van der Waals surface area contributed by atoms with E-state index in [2.05, 4.69) is 17.2 Å². The molecule has 0 atom stereocenters. The Balaban J connectivity index is 2.06. The molecule has 6 nitrogen and oxygen atoms in total. The first-order valence-corrected chi connectivity index (χ1v) is 6.89. The first-order chi connectivity index (χ1) is 9.61. The highest BCUT2D eigenvalue weighted by molar-refractivity contribution is 5.64. The van der Waals surface area contributed by atoms with Gasteiger partial charge in [-0.3, -0.25) is 10.1 Å². The molecule has 1 N–H and O–H groups in total. The van der Waals surface area contributed by atoms with Gasteiger partial charge in [0.15, 0.2) is 0 Å². The van der Waals surface area contributed by atoms with Crippen LogP contribution in [0.4, 0.5) is 11.5 Å². The van der Waals surface area contributed by atoms with Gasteiger partial charge in [-0.05, 0) is 30.7 Å². The summed E-state index contributed by atoms with van der Waals surface area (Å²) in [5.74, 6) is 1.51. The molecule has 0 aromatic carbocycles. The maximum Gasteiger partial charge on any atom is 0.328 e. The number of nitriles is 1. The molecule has 0 radical (unpaired) electrons. The highest BCUT2D eigenvalue weighted by Gasteiger charge is 2.23. The van der Waals surface area contributed by atoms with Gasteiger partial charge in [0.1, 0.15) is 11.6 Å². The van der Waals surface area contributed by atoms with Crippen LogP contribution in [0.1, 0.15) is 38.2 Å². The number of nitro groups is 1. The summed E-state index contributed by atoms with van der Waals surface area (Å²) in [6.45, 7) is 2.93. The zero-order valence-electron chi connectivity index (χ0n) is 11.5. The van der Waals surface area contributed by atoms with Crippen molar-refractivity contribution in [2.75, 3.05) is 11.9 Å². The Morgan fingerprint density at radius 3 is 2.80 bits per heavy atom. The average Bonchev–Trinajstić information content (AvgIpc) is 2.46. The van der Waals surface area contributed by atoms with Crippen LogP contribution in [0.2, 0.25) is 0 Å². The molecule has 1 aromatic rings. The van der Waals surface area contributed by atoms with Crippen molar-refractivity contribution in [2.45, 2.75) is 32.6 Å². The van der Waals surface area contributed by atoms with Crippen molar-refractivity contribution in [3.63, 3.8) is 0 Å². The molecule has 0 amide bonds. The third-order valence-electron chi connectivity index (χ3n) is 3.92. The summed E-state index contributed by atoms with van der Waals surface area (Å²) in [6, 6.07) is 3.21. The summed E-state index contributed by atoms with van der Waals surface area (Å²) in [7, 11) is 0. The van der Waals surface area contributed by atoms with E-state index in [1.807, 2.05) is 6.07 Å². The molecule has 0 spiro atoms. The van der Waals surface area contributed by atoms with Gasteiger partial charge in [-0.15, -0.1) is 0 Å². The van der Waals surface area contributed by atoms with Crippen LogP contribution < -0.4 is 5.32 Å². The van der Waals surface area contributed by atoms with Crippen LogP contribution >= 0.6 is 0 Å². The third kappa shape index (κ3) is 3.23. The van der Waals surface area contributed by atoms with E-state index < -0.39 is 4.92 Å². The van der Waals surface area contributed by atoms with Crippen molar-refractivity contribution in [1.29, 1.82) is 5.26 Å². The molecule has 6 heteroatoms. The molecule has 20 heavy (non-hydrogen) atoms. The van der Waals surface area contributed by atoms with Crippen molar-refractivity contribution < 1.29 is 4.92 Å². The minimum Gasteiger partial charge on any atom is -0.364 e. The first-order valence-electron chi connectivity index (χ1n) is 6.89. The van der Waals surface area contributed by atoms with Crippen LogP contribution in [0.5, 0.6) is 0 Å². The van der Waals surface area contributed by atoms with E-state index >= 15 is 0 Å². The Hall–Kier alpha value is -2.16. The lowest BCUT2D eigenvalue weighted by atomic mass is 9.83. The lowest BCUT2D eigenvalue weighted by Crippen LogP contribution is -2.21. The maximum atomic E-state index is 11.1. The van der Waals surface area contributed by atoms with E-state index in [9.17, 15) is 10.1 Å². The Morgan fingerprint density at radius 1 is 1.50 bits per heavy atom. The summed E-state index contributed by atoms with van der Waals surface area (Å²) in [5, 5.41) is 23.0. The fourth-order valence-corrected chi connectivity index (χ4v) is 2.63. The zero-order chi connectivity index (χ0) is 14.5. The molecule has 1 heterocycles. The fourth-order valence-electron chi connectivity index (χ4n) is 2.63. The second-order valence-corrected chi connectivity index (χ2v) is 5.43. The number of nitrogens with one attached hydrogen (secondary N) is 1. The molecule has 0 bridgehead atoms. The number of pyridine rings is 1. The van der Waals surface area contributed by atoms with Crippen molar-refractivity contribution in [1.82, 2.24) is 4.98 Å². The van der Waals surface area contributed by atoms with Gasteiger partial charge in [-0.2, -0.15) is 5.26 Å². The second-order valence-electron chi connectivity index (χ2n) is 5.43. The molecule has 106 valence electrons. The standard InChI is InChI=1S/C14H18N4O2/c1-10-2-4-11(5-3-10)9-17-14-13(18(19)20)12(8-15)6-7-16-14/h6-7,10-11H,2-5,9H2,1H3,(H,16,17). The van der Waals surface area contributed by atoms with Crippen LogP contribution in [0.25, 0.3) is 0 Å². The van der Waals surface area contributed by atoms with Crippen molar-refractivity contribution in [2.24, 2.45) is 11.8 Å². The van der Waals surface area contributed by atoms with Crippen LogP contribution in [0.3, 0.4) is 0 Å². The highest BCUT2D eigenvalue weighted by Crippen LogP contribution is 2.30. The quantitative estimate of drug-likeness (QED) is 0.672. The number of rotatable bonds is 4. The summed E-state index contributed by atoms with van der Waals surface area (Å²) in [5.41, 5.74) is -0.177. The Morgan fingerprint density at radius 2 is 2.20 bits per heavy atom. The van der Waals surface area contributed by atoms with E-state index in [-0.39, 0.29) is 17.1 Å². The number of hydrogen-bond acceptors (Lipinski definition) is 5. The van der Waals surface area contributed by atoms with E-state index in [0.717, 1.165) is 18.8 Å². The van der Waals surface area contributed by atoms with Crippen LogP contribution in [-0.4, -0.2) is 16.5 Å². The fraction of sp³-hybridized carbons (Fsp3) is 0.571. The van der Waals surface area contributed by atoms with Crippen LogP contribution in [0.15, 0.2) is 12.3 Å². The third-order valence-corrected chi connectivity index (χ3v) is 3.92. The molecule has 1 aromatic heterocycles. The minimum atomic E-state index is -0.545. The molecule has 0 aliphatic heterocycles. The number of nitrogens with zero attached hydrogens (tertiary/aromatic N) is 3. The monoisotopic (exact) mass is 274 g/mol. The molecule has 1 aliphatic rings. The SMILES string of the molecule is CC1CCC(CNc2nccc(C#N)c2[N+](=O)[O-])CC1. The predicted octanol–water partition coefficient (Wildman–Crippen LogP) is 3.10. The summed E-state index contributed by atoms with van der Waals surface area (Å²) in [4.78, 5) is 14.5. The predicted molar refractivity (Wildman–Crippen MR) is 75.2 cm³/mol. The van der Waals surface area contributed by atoms with Gasteiger partial charge in [-0.1, -0.05) is 19.8 Å². The molecular formula is C14H18N4O2. The van der Waals surface area contributed by atoms with Gasteiger partial charge in [-0.25, -0.2) is 4.98 Å². The zero-order valence-corrected chi connectivity index (χ0v) is 11.5. The van der Waals surface area contributed by atoms with Crippen LogP contribution in [-0.2, 0) is 0 Å². The topological polar surface area (TPSA) is 91.8 Å².